The van der Waals surface area contributed by atoms with Gasteiger partial charge in [0.15, 0.2) is 0 Å². The third-order valence-corrected chi connectivity index (χ3v) is 3.82. The van der Waals surface area contributed by atoms with Gasteiger partial charge in [0.2, 0.25) is 5.91 Å². The van der Waals surface area contributed by atoms with Gasteiger partial charge in [0, 0.05) is 28.6 Å². The van der Waals surface area contributed by atoms with Gasteiger partial charge >= 0.3 is 0 Å². The van der Waals surface area contributed by atoms with Gasteiger partial charge in [-0.25, -0.2) is 0 Å². The van der Waals surface area contributed by atoms with Crippen LogP contribution in [0.15, 0.2) is 11.4 Å². The number of amides is 1. The van der Waals surface area contributed by atoms with E-state index in [-0.39, 0.29) is 11.4 Å². The number of hydrogen-bond acceptors (Lipinski definition) is 2. The average molecular weight is 230 g/mol. The third kappa shape index (κ3) is 2.10. The predicted molar refractivity (Wildman–Crippen MR) is 58.8 cm³/mol. The number of hydrogen-bond donors (Lipinski definition) is 1. The van der Waals surface area contributed by atoms with E-state index in [1.807, 2.05) is 11.4 Å². The van der Waals surface area contributed by atoms with Crippen LogP contribution in [0.1, 0.15) is 24.6 Å². The molecule has 14 heavy (non-hydrogen) atoms. The lowest BCUT2D eigenvalue weighted by atomic mass is 9.95. The van der Waals surface area contributed by atoms with Crippen molar-refractivity contribution in [1.82, 2.24) is 5.32 Å². The van der Waals surface area contributed by atoms with Crippen LogP contribution in [0.25, 0.3) is 0 Å². The number of thiophene rings is 1. The molecule has 1 amide bonds. The van der Waals surface area contributed by atoms with E-state index in [0.29, 0.717) is 6.42 Å². The van der Waals surface area contributed by atoms with Crippen molar-refractivity contribution in [2.75, 3.05) is 0 Å². The quantitative estimate of drug-likeness (QED) is 0.830. The van der Waals surface area contributed by atoms with Crippen molar-refractivity contribution < 1.29 is 4.79 Å². The normalized spacial score (nSPS) is 26.6. The molecule has 0 aromatic carbocycles. The number of carbonyl (C=O) groups excluding carboxylic acids is 1. The van der Waals surface area contributed by atoms with Gasteiger partial charge in [0.05, 0.1) is 5.02 Å². The van der Waals surface area contributed by atoms with E-state index in [4.69, 9.17) is 11.6 Å². The molecule has 2 heterocycles. The highest BCUT2D eigenvalue weighted by Crippen LogP contribution is 2.28. The van der Waals surface area contributed by atoms with Crippen molar-refractivity contribution in [2.24, 2.45) is 0 Å². The van der Waals surface area contributed by atoms with Crippen LogP contribution in [-0.4, -0.2) is 11.4 Å². The Morgan fingerprint density at radius 2 is 2.50 bits per heavy atom. The third-order valence-electron chi connectivity index (χ3n) is 2.53. The summed E-state index contributed by atoms with van der Waals surface area (Å²) in [5.74, 6) is 0.162. The number of rotatable bonds is 2. The number of nitrogens with one attached hydrogen (secondary N) is 1. The first-order chi connectivity index (χ1) is 6.57. The summed E-state index contributed by atoms with van der Waals surface area (Å²) in [4.78, 5) is 12.4. The summed E-state index contributed by atoms with van der Waals surface area (Å²) in [6.45, 7) is 2.09. The molecule has 1 N–H and O–H groups in total. The van der Waals surface area contributed by atoms with Crippen LogP contribution < -0.4 is 5.32 Å². The Hall–Kier alpha value is -0.540. The van der Waals surface area contributed by atoms with E-state index >= 15 is 0 Å². The molecule has 0 bridgehead atoms. The second kappa shape index (κ2) is 3.55. The molecular weight excluding hydrogens is 218 g/mol. The SMILES string of the molecule is CC1(Cc2cc(Cl)cs2)CCC(=O)N1. The zero-order chi connectivity index (χ0) is 10.2. The topological polar surface area (TPSA) is 29.1 Å². The standard InChI is InChI=1S/C10H12ClNOS/c1-10(3-2-9(13)12-10)5-8-4-7(11)6-14-8/h4,6H,2-3,5H2,1H3,(H,12,13). The lowest BCUT2D eigenvalue weighted by molar-refractivity contribution is -0.119. The molecule has 0 aliphatic carbocycles. The Bertz CT molecular complexity index is 363. The van der Waals surface area contributed by atoms with Crippen molar-refractivity contribution in [2.45, 2.75) is 31.7 Å². The molecule has 2 rings (SSSR count). The molecule has 1 aromatic rings. The van der Waals surface area contributed by atoms with Crippen LogP contribution in [0.5, 0.6) is 0 Å². The Morgan fingerprint density at radius 1 is 1.71 bits per heavy atom. The van der Waals surface area contributed by atoms with Crippen molar-refractivity contribution in [1.29, 1.82) is 0 Å². The molecule has 76 valence electrons. The maximum atomic E-state index is 11.1. The number of carbonyl (C=O) groups is 1. The van der Waals surface area contributed by atoms with Crippen molar-refractivity contribution in [3.63, 3.8) is 0 Å². The van der Waals surface area contributed by atoms with E-state index in [1.54, 1.807) is 11.3 Å². The van der Waals surface area contributed by atoms with Crippen LogP contribution in [-0.2, 0) is 11.2 Å². The van der Waals surface area contributed by atoms with Crippen molar-refractivity contribution in [3.8, 4) is 0 Å². The molecule has 1 aliphatic heterocycles. The summed E-state index contributed by atoms with van der Waals surface area (Å²) in [5, 5.41) is 5.73. The van der Waals surface area contributed by atoms with Crippen LogP contribution in [0, 0.1) is 0 Å². The molecule has 0 radical (unpaired) electrons. The van der Waals surface area contributed by atoms with Gasteiger partial charge in [0.25, 0.3) is 0 Å². The number of halogens is 1. The van der Waals surface area contributed by atoms with Crippen LogP contribution in [0.4, 0.5) is 0 Å². The monoisotopic (exact) mass is 229 g/mol. The van der Waals surface area contributed by atoms with E-state index in [2.05, 4.69) is 12.2 Å². The molecule has 0 spiro atoms. The summed E-state index contributed by atoms with van der Waals surface area (Å²) in [7, 11) is 0. The molecule has 1 aromatic heterocycles. The fraction of sp³-hybridized carbons (Fsp3) is 0.500. The van der Waals surface area contributed by atoms with Gasteiger partial charge in [-0.3, -0.25) is 4.79 Å². The van der Waals surface area contributed by atoms with E-state index in [9.17, 15) is 4.79 Å². The molecule has 1 atom stereocenters. The van der Waals surface area contributed by atoms with Gasteiger partial charge in [-0.2, -0.15) is 0 Å². The minimum absolute atomic E-state index is 0.0642. The highest BCUT2D eigenvalue weighted by Gasteiger charge is 2.33. The summed E-state index contributed by atoms with van der Waals surface area (Å²) >= 11 is 7.50. The summed E-state index contributed by atoms with van der Waals surface area (Å²) in [6, 6.07) is 1.97. The molecule has 1 fully saturated rings. The van der Waals surface area contributed by atoms with Crippen LogP contribution >= 0.6 is 22.9 Å². The van der Waals surface area contributed by atoms with Crippen molar-refractivity contribution in [3.05, 3.63) is 21.3 Å². The molecular formula is C10H12ClNOS. The second-order valence-corrected chi connectivity index (χ2v) is 5.45. The Balaban J connectivity index is 2.07. The fourth-order valence-electron chi connectivity index (χ4n) is 1.81. The van der Waals surface area contributed by atoms with E-state index < -0.39 is 0 Å². The van der Waals surface area contributed by atoms with E-state index in [1.165, 1.54) is 4.88 Å². The summed E-state index contributed by atoms with van der Waals surface area (Å²) < 4.78 is 0. The molecule has 0 saturated carbocycles. The maximum Gasteiger partial charge on any atom is 0.220 e. The molecule has 1 saturated heterocycles. The predicted octanol–water partition coefficient (Wildman–Crippen LogP) is 2.61. The second-order valence-electron chi connectivity index (χ2n) is 4.02. The van der Waals surface area contributed by atoms with E-state index in [0.717, 1.165) is 17.9 Å². The van der Waals surface area contributed by atoms with Gasteiger partial charge in [0.1, 0.15) is 0 Å². The maximum absolute atomic E-state index is 11.1. The first kappa shape index (κ1) is 9.99. The minimum Gasteiger partial charge on any atom is -0.351 e. The van der Waals surface area contributed by atoms with Crippen molar-refractivity contribution >= 4 is 28.8 Å². The van der Waals surface area contributed by atoms with Gasteiger partial charge in [-0.05, 0) is 19.4 Å². The van der Waals surface area contributed by atoms with Gasteiger partial charge in [-0.1, -0.05) is 11.6 Å². The lowest BCUT2D eigenvalue weighted by Crippen LogP contribution is -2.40. The molecule has 2 nitrogen and oxygen atoms in total. The lowest BCUT2D eigenvalue weighted by Gasteiger charge is -2.22. The highest BCUT2D eigenvalue weighted by atomic mass is 35.5. The summed E-state index contributed by atoms with van der Waals surface area (Å²) in [5.41, 5.74) is -0.0642. The Labute approximate surface area is 92.3 Å². The highest BCUT2D eigenvalue weighted by molar-refractivity contribution is 7.10. The van der Waals surface area contributed by atoms with Gasteiger partial charge < -0.3 is 5.32 Å². The first-order valence-electron chi connectivity index (χ1n) is 4.61. The van der Waals surface area contributed by atoms with Gasteiger partial charge in [-0.15, -0.1) is 11.3 Å². The molecule has 1 unspecified atom stereocenters. The molecule has 1 aliphatic rings. The zero-order valence-corrected chi connectivity index (χ0v) is 9.54. The fourth-order valence-corrected chi connectivity index (χ4v) is 3.07. The van der Waals surface area contributed by atoms with Crippen LogP contribution in [0.3, 0.4) is 0 Å². The molecule has 4 heteroatoms. The smallest absolute Gasteiger partial charge is 0.220 e. The largest absolute Gasteiger partial charge is 0.351 e. The summed E-state index contributed by atoms with van der Waals surface area (Å²) in [6.07, 6.45) is 2.45. The average Bonchev–Trinajstić information content (AvgIpc) is 2.60. The minimum atomic E-state index is -0.0642. The zero-order valence-electron chi connectivity index (χ0n) is 7.97. The van der Waals surface area contributed by atoms with Crippen LogP contribution in [0.2, 0.25) is 5.02 Å². The Kier molecular flexibility index (Phi) is 2.54. The Morgan fingerprint density at radius 3 is 3.00 bits per heavy atom. The first-order valence-corrected chi connectivity index (χ1v) is 5.87.